The SMILES string of the molecule is CS(=O)(=O)NCc1cc(F)cc(-c2cncc3[nH]c(-c4n[nH]c5ccc(-c6cncc(NC(=O)C7CCC7)c6)nc45)nc23)c1. The third-order valence-electron chi connectivity index (χ3n) is 7.61. The highest BCUT2D eigenvalue weighted by Gasteiger charge is 2.25. The van der Waals surface area contributed by atoms with Crippen LogP contribution in [-0.2, 0) is 21.4 Å². The zero-order valence-electron chi connectivity index (χ0n) is 23.4. The van der Waals surface area contributed by atoms with Crippen LogP contribution in [0, 0.1) is 11.7 Å². The number of carbonyl (C=O) groups is 1. The van der Waals surface area contributed by atoms with Gasteiger partial charge in [-0.05, 0) is 60.4 Å². The maximum atomic E-state index is 14.6. The summed E-state index contributed by atoms with van der Waals surface area (Å²) in [6.45, 7) is -0.0581. The molecular weight excluding hydrogens is 585 g/mol. The number of amides is 1. The van der Waals surface area contributed by atoms with Crippen LogP contribution >= 0.6 is 0 Å². The summed E-state index contributed by atoms with van der Waals surface area (Å²) in [6, 6.07) is 9.87. The van der Waals surface area contributed by atoms with E-state index in [0.717, 1.165) is 31.1 Å². The number of nitrogens with one attached hydrogen (secondary N) is 4. The molecule has 0 unspecified atom stereocenters. The molecule has 7 rings (SSSR count). The van der Waals surface area contributed by atoms with Gasteiger partial charge in [0.1, 0.15) is 11.3 Å². The first kappa shape index (κ1) is 27.7. The number of carbonyl (C=O) groups excluding carboxylic acids is 1. The van der Waals surface area contributed by atoms with E-state index in [0.29, 0.717) is 61.7 Å². The molecule has 5 aromatic heterocycles. The maximum absolute atomic E-state index is 14.6. The number of rotatable bonds is 8. The van der Waals surface area contributed by atoms with Gasteiger partial charge in [0.25, 0.3) is 0 Å². The highest BCUT2D eigenvalue weighted by molar-refractivity contribution is 7.88. The van der Waals surface area contributed by atoms with E-state index in [4.69, 9.17) is 9.97 Å². The molecule has 222 valence electrons. The highest BCUT2D eigenvalue weighted by Crippen LogP contribution is 2.33. The van der Waals surface area contributed by atoms with Crippen LogP contribution in [0.5, 0.6) is 0 Å². The van der Waals surface area contributed by atoms with Crippen molar-refractivity contribution in [3.8, 4) is 33.9 Å². The molecule has 0 atom stereocenters. The molecule has 1 aromatic carbocycles. The number of aromatic nitrogens is 7. The summed E-state index contributed by atoms with van der Waals surface area (Å²) in [5.41, 5.74) is 6.36. The van der Waals surface area contributed by atoms with E-state index < -0.39 is 15.8 Å². The second-order valence-corrected chi connectivity index (χ2v) is 12.7. The monoisotopic (exact) mass is 611 g/mol. The average molecular weight is 612 g/mol. The molecule has 4 N–H and O–H groups in total. The number of pyridine rings is 3. The van der Waals surface area contributed by atoms with Crippen LogP contribution in [0.1, 0.15) is 24.8 Å². The summed E-state index contributed by atoms with van der Waals surface area (Å²) < 4.78 is 40.1. The van der Waals surface area contributed by atoms with Crippen molar-refractivity contribution < 1.29 is 17.6 Å². The molecule has 44 heavy (non-hydrogen) atoms. The van der Waals surface area contributed by atoms with E-state index in [1.165, 1.54) is 12.1 Å². The van der Waals surface area contributed by atoms with Crippen LogP contribution in [0.3, 0.4) is 0 Å². The topological polar surface area (TPSA) is 171 Å². The number of imidazole rings is 1. The van der Waals surface area contributed by atoms with Crippen LogP contribution in [0.2, 0.25) is 0 Å². The van der Waals surface area contributed by atoms with Gasteiger partial charge in [0.05, 0.1) is 46.6 Å². The van der Waals surface area contributed by atoms with E-state index in [-0.39, 0.29) is 18.4 Å². The van der Waals surface area contributed by atoms with E-state index in [2.05, 4.69) is 35.2 Å². The molecular formula is C30H26FN9O3S. The average Bonchev–Trinajstić information content (AvgIpc) is 3.58. The summed E-state index contributed by atoms with van der Waals surface area (Å²) in [5, 5.41) is 10.4. The van der Waals surface area contributed by atoms with Crippen LogP contribution in [0.15, 0.2) is 61.2 Å². The van der Waals surface area contributed by atoms with Gasteiger partial charge >= 0.3 is 0 Å². The predicted octanol–water partition coefficient (Wildman–Crippen LogP) is 4.55. The summed E-state index contributed by atoms with van der Waals surface area (Å²) in [7, 11) is -3.46. The van der Waals surface area contributed by atoms with E-state index >= 15 is 0 Å². The predicted molar refractivity (Wildman–Crippen MR) is 163 cm³/mol. The zero-order valence-corrected chi connectivity index (χ0v) is 24.2. The lowest BCUT2D eigenvalue weighted by atomic mass is 9.85. The molecule has 1 aliphatic rings. The van der Waals surface area contributed by atoms with Crippen molar-refractivity contribution in [2.45, 2.75) is 25.8 Å². The number of H-pyrrole nitrogens is 2. The quantitative estimate of drug-likeness (QED) is 0.194. The summed E-state index contributed by atoms with van der Waals surface area (Å²) in [6.07, 6.45) is 10.4. The molecule has 1 aliphatic carbocycles. The standard InChI is InChI=1S/C30H26FN9O3S/c1-44(42,43)34-11-16-7-18(9-20(31)8-16)22-14-33-15-25-26(22)38-29(37-25)28-27-24(39-40-28)6-5-23(36-27)19-10-21(13-32-12-19)35-30(41)17-3-2-4-17/h5-10,12-15,17,34H,2-4,11H2,1H3,(H,35,41)(H,37,38)(H,39,40). The number of halogens is 1. The van der Waals surface area contributed by atoms with Gasteiger partial charge < -0.3 is 10.3 Å². The normalized spacial score (nSPS) is 13.8. The maximum Gasteiger partial charge on any atom is 0.227 e. The van der Waals surface area contributed by atoms with Gasteiger partial charge in [-0.1, -0.05) is 6.42 Å². The number of benzene rings is 1. The fraction of sp³-hybridized carbons (Fsp3) is 0.200. The molecule has 0 saturated heterocycles. The lowest BCUT2D eigenvalue weighted by molar-refractivity contribution is -0.122. The Bertz CT molecular complexity index is 2170. The van der Waals surface area contributed by atoms with Crippen molar-refractivity contribution in [2.24, 2.45) is 5.92 Å². The number of anilines is 1. The van der Waals surface area contributed by atoms with Crippen LogP contribution in [0.4, 0.5) is 10.1 Å². The van der Waals surface area contributed by atoms with Crippen LogP contribution in [0.25, 0.3) is 56.0 Å². The molecule has 1 saturated carbocycles. The second-order valence-electron chi connectivity index (χ2n) is 10.9. The van der Waals surface area contributed by atoms with E-state index in [9.17, 15) is 17.6 Å². The van der Waals surface area contributed by atoms with E-state index in [1.807, 2.05) is 18.2 Å². The number of hydrogen-bond donors (Lipinski definition) is 4. The Hall–Kier alpha value is -5.08. The molecule has 5 heterocycles. The Kier molecular flexibility index (Phi) is 6.86. The minimum atomic E-state index is -3.46. The minimum absolute atomic E-state index is 0.00881. The lowest BCUT2D eigenvalue weighted by Crippen LogP contribution is -2.28. The van der Waals surface area contributed by atoms with Crippen molar-refractivity contribution in [3.63, 3.8) is 0 Å². The molecule has 1 fully saturated rings. The largest absolute Gasteiger partial charge is 0.335 e. The molecule has 14 heteroatoms. The third-order valence-corrected chi connectivity index (χ3v) is 8.28. The van der Waals surface area contributed by atoms with Gasteiger partial charge in [-0.3, -0.25) is 19.9 Å². The summed E-state index contributed by atoms with van der Waals surface area (Å²) in [5.74, 6) is -0.0209. The summed E-state index contributed by atoms with van der Waals surface area (Å²) in [4.78, 5) is 33.9. The molecule has 0 aliphatic heterocycles. The zero-order chi connectivity index (χ0) is 30.4. The molecule has 0 bridgehead atoms. The number of aromatic amines is 2. The fourth-order valence-corrected chi connectivity index (χ4v) is 5.60. The van der Waals surface area contributed by atoms with Crippen molar-refractivity contribution in [2.75, 3.05) is 11.6 Å². The molecule has 1 amide bonds. The second kappa shape index (κ2) is 10.9. The van der Waals surface area contributed by atoms with Crippen molar-refractivity contribution in [1.82, 2.24) is 39.8 Å². The highest BCUT2D eigenvalue weighted by atomic mass is 32.2. The van der Waals surface area contributed by atoms with Gasteiger partial charge in [0, 0.05) is 36.0 Å². The van der Waals surface area contributed by atoms with Gasteiger partial charge in [-0.15, -0.1) is 0 Å². The Balaban J connectivity index is 1.23. The molecule has 6 aromatic rings. The van der Waals surface area contributed by atoms with Gasteiger partial charge in [-0.2, -0.15) is 5.10 Å². The number of fused-ring (bicyclic) bond motifs is 2. The van der Waals surface area contributed by atoms with Crippen molar-refractivity contribution in [1.29, 1.82) is 0 Å². The third kappa shape index (κ3) is 5.52. The molecule has 0 spiro atoms. The Morgan fingerprint density at radius 3 is 2.61 bits per heavy atom. The first-order chi connectivity index (χ1) is 21.2. The van der Waals surface area contributed by atoms with Gasteiger partial charge in [-0.25, -0.2) is 27.5 Å². The molecule has 0 radical (unpaired) electrons. The van der Waals surface area contributed by atoms with E-state index in [1.54, 1.807) is 30.9 Å². The first-order valence-corrected chi connectivity index (χ1v) is 15.8. The summed E-state index contributed by atoms with van der Waals surface area (Å²) >= 11 is 0. The smallest absolute Gasteiger partial charge is 0.227 e. The van der Waals surface area contributed by atoms with Crippen LogP contribution in [-0.4, -0.2) is 55.7 Å². The minimum Gasteiger partial charge on any atom is -0.335 e. The lowest BCUT2D eigenvalue weighted by Gasteiger charge is -2.24. The number of sulfonamides is 1. The first-order valence-electron chi connectivity index (χ1n) is 13.9. The Labute approximate surface area is 250 Å². The fourth-order valence-electron chi connectivity index (χ4n) is 5.17. The molecule has 12 nitrogen and oxygen atoms in total. The Morgan fingerprint density at radius 1 is 0.977 bits per heavy atom. The number of nitrogens with zero attached hydrogens (tertiary/aromatic N) is 5. The van der Waals surface area contributed by atoms with Gasteiger partial charge in [0.2, 0.25) is 15.9 Å². The van der Waals surface area contributed by atoms with Gasteiger partial charge in [0.15, 0.2) is 11.5 Å². The van der Waals surface area contributed by atoms with Crippen molar-refractivity contribution in [3.05, 3.63) is 72.6 Å². The van der Waals surface area contributed by atoms with Crippen molar-refractivity contribution >= 4 is 43.7 Å². The number of hydrogen-bond acceptors (Lipinski definition) is 8. The van der Waals surface area contributed by atoms with Crippen LogP contribution < -0.4 is 10.0 Å². The Morgan fingerprint density at radius 2 is 1.82 bits per heavy atom.